The van der Waals surface area contributed by atoms with Crippen molar-refractivity contribution < 1.29 is 4.74 Å². The molecule has 0 aliphatic heterocycles. The molecule has 0 unspecified atom stereocenters. The van der Waals surface area contributed by atoms with Gasteiger partial charge < -0.3 is 4.74 Å². The summed E-state index contributed by atoms with van der Waals surface area (Å²) in [6.45, 7) is 0. The van der Waals surface area contributed by atoms with Crippen molar-refractivity contribution in [3.8, 4) is 11.5 Å². The highest BCUT2D eigenvalue weighted by molar-refractivity contribution is 9.10. The van der Waals surface area contributed by atoms with E-state index in [2.05, 4.69) is 46.3 Å². The van der Waals surface area contributed by atoms with Crippen molar-refractivity contribution in [2.24, 2.45) is 0 Å². The molecule has 0 saturated heterocycles. The molecule has 3 aromatic rings. The highest BCUT2D eigenvalue weighted by atomic mass is 79.9. The topological polar surface area (TPSA) is 9.23 Å². The van der Waals surface area contributed by atoms with Crippen molar-refractivity contribution in [1.29, 1.82) is 0 Å². The lowest BCUT2D eigenvalue weighted by molar-refractivity contribution is 0.478. The number of ether oxygens (including phenoxy) is 1. The van der Waals surface area contributed by atoms with Crippen LogP contribution < -0.4 is 4.74 Å². The minimum Gasteiger partial charge on any atom is -0.457 e. The van der Waals surface area contributed by atoms with Crippen LogP contribution in [0.15, 0.2) is 88.2 Å². The first-order chi connectivity index (χ1) is 10.8. The van der Waals surface area contributed by atoms with Crippen LogP contribution in [0.25, 0.3) is 0 Å². The summed E-state index contributed by atoms with van der Waals surface area (Å²) in [4.78, 5) is 1.26. The fourth-order valence-corrected chi connectivity index (χ4v) is 3.36. The summed E-state index contributed by atoms with van der Waals surface area (Å²) >= 11 is 5.35. The number of para-hydroxylation sites is 1. The van der Waals surface area contributed by atoms with E-state index >= 15 is 0 Å². The Balaban J connectivity index is 1.79. The Morgan fingerprint density at radius 2 is 1.50 bits per heavy atom. The predicted octanol–water partition coefficient (Wildman–Crippen LogP) is 6.53. The number of thioether (sulfide) groups is 1. The molecular weight excluding hydrogens is 356 g/mol. The van der Waals surface area contributed by atoms with Gasteiger partial charge >= 0.3 is 0 Å². The van der Waals surface area contributed by atoms with Gasteiger partial charge in [-0.25, -0.2) is 0 Å². The maximum Gasteiger partial charge on any atom is 0.131 e. The Hall–Kier alpha value is -1.71. The number of hydrogen-bond donors (Lipinski definition) is 0. The second kappa shape index (κ2) is 7.52. The summed E-state index contributed by atoms with van der Waals surface area (Å²) in [5, 5.41) is 0. The molecule has 0 aromatic heterocycles. The zero-order valence-electron chi connectivity index (χ0n) is 11.9. The van der Waals surface area contributed by atoms with Crippen LogP contribution in [0, 0.1) is 0 Å². The van der Waals surface area contributed by atoms with Crippen molar-refractivity contribution in [2.45, 2.75) is 10.6 Å². The Bertz CT molecular complexity index is 729. The molecule has 0 aliphatic carbocycles. The van der Waals surface area contributed by atoms with E-state index in [9.17, 15) is 0 Å². The third-order valence-electron chi connectivity index (χ3n) is 3.13. The predicted molar refractivity (Wildman–Crippen MR) is 96.7 cm³/mol. The first kappa shape index (κ1) is 15.2. The number of hydrogen-bond acceptors (Lipinski definition) is 2. The first-order valence-corrected chi connectivity index (χ1v) is 8.78. The van der Waals surface area contributed by atoms with E-state index in [4.69, 9.17) is 4.74 Å². The molecule has 0 fully saturated rings. The highest BCUT2D eigenvalue weighted by Gasteiger charge is 2.07. The van der Waals surface area contributed by atoms with Gasteiger partial charge in [-0.15, -0.1) is 11.8 Å². The molecule has 0 atom stereocenters. The van der Waals surface area contributed by atoms with E-state index in [0.717, 1.165) is 21.7 Å². The molecule has 0 aliphatic rings. The second-order valence-electron chi connectivity index (χ2n) is 4.77. The largest absolute Gasteiger partial charge is 0.457 e. The van der Waals surface area contributed by atoms with Crippen LogP contribution in [-0.4, -0.2) is 0 Å². The van der Waals surface area contributed by atoms with Crippen LogP contribution in [-0.2, 0) is 5.75 Å². The van der Waals surface area contributed by atoms with E-state index in [-0.39, 0.29) is 0 Å². The molecule has 1 nitrogen and oxygen atoms in total. The minimum absolute atomic E-state index is 0.857. The zero-order chi connectivity index (χ0) is 15.2. The lowest BCUT2D eigenvalue weighted by atomic mass is 10.2. The molecule has 0 bridgehead atoms. The average Bonchev–Trinajstić information content (AvgIpc) is 2.57. The maximum absolute atomic E-state index is 6.02. The number of halogens is 1. The molecule has 0 N–H and O–H groups in total. The summed E-state index contributed by atoms with van der Waals surface area (Å²) in [5.74, 6) is 2.62. The Kier molecular flexibility index (Phi) is 5.20. The summed E-state index contributed by atoms with van der Waals surface area (Å²) in [6.07, 6.45) is 0. The summed E-state index contributed by atoms with van der Waals surface area (Å²) in [7, 11) is 0. The summed E-state index contributed by atoms with van der Waals surface area (Å²) in [5.41, 5.74) is 1.17. The van der Waals surface area contributed by atoms with Crippen molar-refractivity contribution >= 4 is 27.7 Å². The third kappa shape index (κ3) is 4.15. The Labute approximate surface area is 143 Å². The molecule has 0 radical (unpaired) electrons. The lowest BCUT2D eigenvalue weighted by Crippen LogP contribution is -1.90. The first-order valence-electron chi connectivity index (χ1n) is 7.00. The maximum atomic E-state index is 6.02. The van der Waals surface area contributed by atoms with Crippen LogP contribution in [0.4, 0.5) is 0 Å². The van der Waals surface area contributed by atoms with Gasteiger partial charge in [0.05, 0.1) is 0 Å². The van der Waals surface area contributed by atoms with Gasteiger partial charge in [-0.3, -0.25) is 0 Å². The van der Waals surface area contributed by atoms with Gasteiger partial charge in [0.15, 0.2) is 0 Å². The Morgan fingerprint density at radius 1 is 0.818 bits per heavy atom. The quantitative estimate of drug-likeness (QED) is 0.471. The third-order valence-corrected chi connectivity index (χ3v) is 4.69. The fourth-order valence-electron chi connectivity index (χ4n) is 2.05. The normalized spacial score (nSPS) is 10.4. The van der Waals surface area contributed by atoms with Crippen molar-refractivity contribution in [3.63, 3.8) is 0 Å². The van der Waals surface area contributed by atoms with Crippen LogP contribution in [0.2, 0.25) is 0 Å². The SMILES string of the molecule is Brc1ccc(Oc2ccccc2)c(CSc2ccccc2)c1. The monoisotopic (exact) mass is 370 g/mol. The standard InChI is InChI=1S/C19H15BrOS/c20-16-11-12-19(21-17-7-3-1-4-8-17)15(13-16)14-22-18-9-5-2-6-10-18/h1-13H,14H2. The van der Waals surface area contributed by atoms with E-state index in [1.165, 1.54) is 10.5 Å². The molecule has 0 spiro atoms. The minimum atomic E-state index is 0.857. The van der Waals surface area contributed by atoms with Gasteiger partial charge in [0.2, 0.25) is 0 Å². The van der Waals surface area contributed by atoms with Gasteiger partial charge in [-0.05, 0) is 42.5 Å². The van der Waals surface area contributed by atoms with Gasteiger partial charge in [-0.2, -0.15) is 0 Å². The van der Waals surface area contributed by atoms with Crippen molar-refractivity contribution in [3.05, 3.63) is 88.9 Å². The van der Waals surface area contributed by atoms with Gasteiger partial charge in [0.25, 0.3) is 0 Å². The van der Waals surface area contributed by atoms with Gasteiger partial charge in [0, 0.05) is 20.7 Å². The van der Waals surface area contributed by atoms with Crippen LogP contribution >= 0.6 is 27.7 Å². The van der Waals surface area contributed by atoms with Crippen molar-refractivity contribution in [2.75, 3.05) is 0 Å². The van der Waals surface area contributed by atoms with E-state index < -0.39 is 0 Å². The molecule has 0 amide bonds. The van der Waals surface area contributed by atoms with Gasteiger partial charge in [0.1, 0.15) is 11.5 Å². The highest BCUT2D eigenvalue weighted by Crippen LogP contribution is 2.32. The second-order valence-corrected chi connectivity index (χ2v) is 6.73. The van der Waals surface area contributed by atoms with E-state index in [1.54, 1.807) is 11.8 Å². The Morgan fingerprint density at radius 3 is 2.23 bits per heavy atom. The van der Waals surface area contributed by atoms with Crippen molar-refractivity contribution in [1.82, 2.24) is 0 Å². The van der Waals surface area contributed by atoms with E-state index in [0.29, 0.717) is 0 Å². The number of benzene rings is 3. The molecule has 110 valence electrons. The molecule has 3 heteroatoms. The molecule has 0 heterocycles. The van der Waals surface area contributed by atoms with E-state index in [1.807, 2.05) is 48.5 Å². The number of rotatable bonds is 5. The fraction of sp³-hybridized carbons (Fsp3) is 0.0526. The van der Waals surface area contributed by atoms with Gasteiger partial charge in [-0.1, -0.05) is 52.3 Å². The molecule has 3 aromatic carbocycles. The zero-order valence-corrected chi connectivity index (χ0v) is 14.3. The lowest BCUT2D eigenvalue weighted by Gasteiger charge is -2.11. The smallest absolute Gasteiger partial charge is 0.131 e. The van der Waals surface area contributed by atoms with Crippen LogP contribution in [0.1, 0.15) is 5.56 Å². The average molecular weight is 371 g/mol. The molecule has 3 rings (SSSR count). The summed E-state index contributed by atoms with van der Waals surface area (Å²) in [6, 6.07) is 26.4. The molecule has 22 heavy (non-hydrogen) atoms. The molecule has 0 saturated carbocycles. The van der Waals surface area contributed by atoms with Crippen LogP contribution in [0.3, 0.4) is 0 Å². The summed E-state index contributed by atoms with van der Waals surface area (Å²) < 4.78 is 7.09. The molecular formula is C19H15BrOS. The van der Waals surface area contributed by atoms with Crippen LogP contribution in [0.5, 0.6) is 11.5 Å².